The quantitative estimate of drug-likeness (QED) is 0.370. The lowest BCUT2D eigenvalue weighted by atomic mass is 9.98. The first-order chi connectivity index (χ1) is 16.2. The van der Waals surface area contributed by atoms with Crippen LogP contribution in [0.3, 0.4) is 0 Å². The second-order valence-electron chi connectivity index (χ2n) is 8.04. The third kappa shape index (κ3) is 5.01. The molecule has 6 nitrogen and oxygen atoms in total. The summed E-state index contributed by atoms with van der Waals surface area (Å²) >= 11 is 0. The molecule has 5 rings (SSSR count). The number of imidazole rings is 1. The Morgan fingerprint density at radius 1 is 0.939 bits per heavy atom. The molecule has 6 heteroatoms. The van der Waals surface area contributed by atoms with Crippen molar-refractivity contribution < 1.29 is 4.79 Å². The Labute approximate surface area is 192 Å². The molecule has 2 heterocycles. The van der Waals surface area contributed by atoms with E-state index in [4.69, 9.17) is 0 Å². The summed E-state index contributed by atoms with van der Waals surface area (Å²) in [4.78, 5) is 20.3. The SMILES string of the molecule is O=C(CCc1nc2ccccc2[nH]1)NCc1ccccc1-c1ccc(Cn2cccn2)cc1. The van der Waals surface area contributed by atoms with Crippen molar-refractivity contribution >= 4 is 16.9 Å². The number of hydrogen-bond acceptors (Lipinski definition) is 3. The number of nitrogens with zero attached hydrogens (tertiary/aromatic N) is 3. The summed E-state index contributed by atoms with van der Waals surface area (Å²) in [5, 5.41) is 7.32. The van der Waals surface area contributed by atoms with Crippen molar-refractivity contribution in [2.24, 2.45) is 0 Å². The molecule has 5 aromatic rings. The summed E-state index contributed by atoms with van der Waals surface area (Å²) in [6.07, 6.45) is 4.72. The molecule has 0 unspecified atom stereocenters. The van der Waals surface area contributed by atoms with Crippen LogP contribution in [0, 0.1) is 0 Å². The van der Waals surface area contributed by atoms with Crippen LogP contribution in [0.15, 0.2) is 91.3 Å². The number of fused-ring (bicyclic) bond motifs is 1. The number of nitrogens with one attached hydrogen (secondary N) is 2. The molecule has 0 aliphatic carbocycles. The molecule has 1 amide bonds. The van der Waals surface area contributed by atoms with Crippen LogP contribution in [-0.2, 0) is 24.3 Å². The topological polar surface area (TPSA) is 75.6 Å². The van der Waals surface area contributed by atoms with Crippen molar-refractivity contribution in [3.8, 4) is 11.1 Å². The fraction of sp³-hybridized carbons (Fsp3) is 0.148. The van der Waals surface area contributed by atoms with Crippen LogP contribution in [-0.4, -0.2) is 25.7 Å². The maximum absolute atomic E-state index is 12.5. The Kier molecular flexibility index (Phi) is 5.97. The normalized spacial score (nSPS) is 11.0. The molecule has 0 aliphatic heterocycles. The van der Waals surface area contributed by atoms with Crippen LogP contribution in [0.2, 0.25) is 0 Å². The first kappa shape index (κ1) is 20.7. The average Bonchev–Trinajstić information content (AvgIpc) is 3.51. The van der Waals surface area contributed by atoms with Gasteiger partial charge in [-0.05, 0) is 40.5 Å². The largest absolute Gasteiger partial charge is 0.352 e. The molecule has 0 spiro atoms. The van der Waals surface area contributed by atoms with Gasteiger partial charge in [0.05, 0.1) is 17.6 Å². The van der Waals surface area contributed by atoms with E-state index in [-0.39, 0.29) is 5.91 Å². The van der Waals surface area contributed by atoms with E-state index >= 15 is 0 Å². The maximum atomic E-state index is 12.5. The lowest BCUT2D eigenvalue weighted by Crippen LogP contribution is -2.23. The van der Waals surface area contributed by atoms with Gasteiger partial charge in [-0.1, -0.05) is 60.7 Å². The zero-order valence-corrected chi connectivity index (χ0v) is 18.2. The van der Waals surface area contributed by atoms with Crippen molar-refractivity contribution in [2.45, 2.75) is 25.9 Å². The molecular formula is C27H25N5O. The van der Waals surface area contributed by atoms with E-state index in [1.54, 1.807) is 6.20 Å². The number of carbonyl (C=O) groups excluding carboxylic acids is 1. The number of aromatic amines is 1. The lowest BCUT2D eigenvalue weighted by molar-refractivity contribution is -0.121. The molecule has 2 N–H and O–H groups in total. The Bertz CT molecular complexity index is 1320. The van der Waals surface area contributed by atoms with Gasteiger partial charge in [-0.2, -0.15) is 5.10 Å². The monoisotopic (exact) mass is 435 g/mol. The highest BCUT2D eigenvalue weighted by atomic mass is 16.1. The van der Waals surface area contributed by atoms with Gasteiger partial charge >= 0.3 is 0 Å². The van der Waals surface area contributed by atoms with Crippen LogP contribution in [0.1, 0.15) is 23.4 Å². The van der Waals surface area contributed by atoms with E-state index in [1.165, 1.54) is 5.56 Å². The number of benzene rings is 3. The van der Waals surface area contributed by atoms with Gasteiger partial charge in [-0.15, -0.1) is 0 Å². The third-order valence-electron chi connectivity index (χ3n) is 5.69. The summed E-state index contributed by atoms with van der Waals surface area (Å²) in [6, 6.07) is 26.5. The van der Waals surface area contributed by atoms with Crippen molar-refractivity contribution in [1.29, 1.82) is 0 Å². The highest BCUT2D eigenvalue weighted by Crippen LogP contribution is 2.24. The number of H-pyrrole nitrogens is 1. The van der Waals surface area contributed by atoms with Gasteiger partial charge < -0.3 is 10.3 Å². The third-order valence-corrected chi connectivity index (χ3v) is 5.69. The van der Waals surface area contributed by atoms with Gasteiger partial charge in [0.15, 0.2) is 0 Å². The number of aryl methyl sites for hydroxylation is 1. The van der Waals surface area contributed by atoms with Crippen molar-refractivity contribution in [2.75, 3.05) is 0 Å². The lowest BCUT2D eigenvalue weighted by Gasteiger charge is -2.12. The smallest absolute Gasteiger partial charge is 0.220 e. The summed E-state index contributed by atoms with van der Waals surface area (Å²) in [6.45, 7) is 1.24. The average molecular weight is 436 g/mol. The molecule has 0 radical (unpaired) electrons. The predicted octanol–water partition coefficient (Wildman–Crippen LogP) is 4.72. The number of para-hydroxylation sites is 2. The molecule has 0 atom stereocenters. The number of amides is 1. The summed E-state index contributed by atoms with van der Waals surface area (Å²) in [5.41, 5.74) is 6.47. The van der Waals surface area contributed by atoms with E-state index in [9.17, 15) is 4.79 Å². The molecule has 0 bridgehead atoms. The van der Waals surface area contributed by atoms with Crippen LogP contribution < -0.4 is 5.32 Å². The Balaban J connectivity index is 1.20. The highest BCUT2D eigenvalue weighted by Gasteiger charge is 2.09. The van der Waals surface area contributed by atoms with Gasteiger partial charge in [0.2, 0.25) is 5.91 Å². The molecular weight excluding hydrogens is 410 g/mol. The molecule has 0 saturated heterocycles. The van der Waals surface area contributed by atoms with Gasteiger partial charge in [-0.3, -0.25) is 9.48 Å². The van der Waals surface area contributed by atoms with Crippen LogP contribution in [0.4, 0.5) is 0 Å². The Morgan fingerprint density at radius 3 is 2.58 bits per heavy atom. The zero-order valence-electron chi connectivity index (χ0n) is 18.2. The van der Waals surface area contributed by atoms with E-state index in [0.717, 1.165) is 40.1 Å². The molecule has 2 aromatic heterocycles. The molecule has 0 aliphatic rings. The summed E-state index contributed by atoms with van der Waals surface area (Å²) in [7, 11) is 0. The zero-order chi connectivity index (χ0) is 22.5. The van der Waals surface area contributed by atoms with Gasteiger partial charge in [0, 0.05) is 31.8 Å². The maximum Gasteiger partial charge on any atom is 0.220 e. The summed E-state index contributed by atoms with van der Waals surface area (Å²) in [5.74, 6) is 0.849. The first-order valence-electron chi connectivity index (χ1n) is 11.1. The van der Waals surface area contributed by atoms with Gasteiger partial charge in [-0.25, -0.2) is 4.98 Å². The standard InChI is InChI=1S/C27H25N5O/c33-27(15-14-26-30-24-8-3-4-9-25(24)31-26)28-18-22-6-1-2-7-23(22)21-12-10-20(11-13-21)19-32-17-5-16-29-32/h1-13,16-17H,14-15,18-19H2,(H,28,33)(H,30,31). The van der Waals surface area contributed by atoms with Crippen LogP contribution in [0.25, 0.3) is 22.2 Å². The van der Waals surface area contributed by atoms with E-state index in [2.05, 4.69) is 56.8 Å². The van der Waals surface area contributed by atoms with Crippen molar-refractivity contribution in [3.63, 3.8) is 0 Å². The second kappa shape index (κ2) is 9.53. The van der Waals surface area contributed by atoms with Crippen molar-refractivity contribution in [3.05, 3.63) is 108 Å². The minimum absolute atomic E-state index is 0.0137. The number of hydrogen-bond donors (Lipinski definition) is 2. The van der Waals surface area contributed by atoms with E-state index in [0.29, 0.717) is 19.4 Å². The van der Waals surface area contributed by atoms with Gasteiger partial charge in [0.1, 0.15) is 5.82 Å². The molecule has 3 aromatic carbocycles. The number of aromatic nitrogens is 4. The first-order valence-corrected chi connectivity index (χ1v) is 11.1. The fourth-order valence-electron chi connectivity index (χ4n) is 3.96. The molecule has 0 fully saturated rings. The fourth-order valence-corrected chi connectivity index (χ4v) is 3.96. The minimum atomic E-state index is 0.0137. The minimum Gasteiger partial charge on any atom is -0.352 e. The number of carbonyl (C=O) groups is 1. The van der Waals surface area contributed by atoms with E-state index < -0.39 is 0 Å². The summed E-state index contributed by atoms with van der Waals surface area (Å²) < 4.78 is 1.91. The molecule has 33 heavy (non-hydrogen) atoms. The Hall–Kier alpha value is -4.19. The highest BCUT2D eigenvalue weighted by molar-refractivity contribution is 5.78. The molecule has 0 saturated carbocycles. The van der Waals surface area contributed by atoms with Gasteiger partial charge in [0.25, 0.3) is 0 Å². The Morgan fingerprint density at radius 2 is 1.76 bits per heavy atom. The van der Waals surface area contributed by atoms with Crippen molar-refractivity contribution in [1.82, 2.24) is 25.1 Å². The van der Waals surface area contributed by atoms with Crippen LogP contribution >= 0.6 is 0 Å². The van der Waals surface area contributed by atoms with Crippen LogP contribution in [0.5, 0.6) is 0 Å². The number of rotatable bonds is 8. The van der Waals surface area contributed by atoms with E-state index in [1.807, 2.05) is 53.3 Å². The predicted molar refractivity (Wildman–Crippen MR) is 129 cm³/mol. The second-order valence-corrected chi connectivity index (χ2v) is 8.04. The molecule has 164 valence electrons.